The first-order chi connectivity index (χ1) is 11.9. The van der Waals surface area contributed by atoms with Gasteiger partial charge in [-0.15, -0.1) is 0 Å². The SMILES string of the molecule is CC(CNc1ccc(CC(=O)O)nc1)NCC(O)c1cccc(Cl)c1. The van der Waals surface area contributed by atoms with Crippen LogP contribution in [0.5, 0.6) is 0 Å². The highest BCUT2D eigenvalue weighted by atomic mass is 35.5. The van der Waals surface area contributed by atoms with Crippen molar-refractivity contribution < 1.29 is 15.0 Å². The van der Waals surface area contributed by atoms with Gasteiger partial charge in [0.2, 0.25) is 0 Å². The maximum absolute atomic E-state index is 10.6. The van der Waals surface area contributed by atoms with Crippen molar-refractivity contribution >= 4 is 23.3 Å². The average Bonchev–Trinajstić information content (AvgIpc) is 2.58. The zero-order valence-corrected chi connectivity index (χ0v) is 14.7. The van der Waals surface area contributed by atoms with Crippen LogP contribution in [-0.4, -0.2) is 40.3 Å². The van der Waals surface area contributed by atoms with E-state index in [0.717, 1.165) is 11.3 Å². The summed E-state index contributed by atoms with van der Waals surface area (Å²) in [6, 6.07) is 10.8. The molecule has 1 aromatic carbocycles. The first-order valence-corrected chi connectivity index (χ1v) is 8.39. The lowest BCUT2D eigenvalue weighted by atomic mass is 10.1. The average molecular weight is 364 g/mol. The lowest BCUT2D eigenvalue weighted by molar-refractivity contribution is -0.136. The molecule has 2 unspecified atom stereocenters. The van der Waals surface area contributed by atoms with Crippen LogP contribution in [0.2, 0.25) is 5.02 Å². The number of hydrogen-bond acceptors (Lipinski definition) is 5. The number of benzene rings is 1. The molecule has 6 nitrogen and oxygen atoms in total. The number of nitrogens with one attached hydrogen (secondary N) is 2. The number of nitrogens with zero attached hydrogens (tertiary/aromatic N) is 1. The molecule has 2 atom stereocenters. The van der Waals surface area contributed by atoms with Crippen molar-refractivity contribution in [3.63, 3.8) is 0 Å². The molecule has 0 saturated carbocycles. The van der Waals surface area contributed by atoms with E-state index in [2.05, 4.69) is 15.6 Å². The smallest absolute Gasteiger partial charge is 0.309 e. The van der Waals surface area contributed by atoms with Crippen molar-refractivity contribution in [2.24, 2.45) is 0 Å². The van der Waals surface area contributed by atoms with Crippen molar-refractivity contribution in [1.29, 1.82) is 0 Å². The number of halogens is 1. The lowest BCUT2D eigenvalue weighted by Gasteiger charge is -2.18. The van der Waals surface area contributed by atoms with Crippen molar-refractivity contribution in [1.82, 2.24) is 10.3 Å². The summed E-state index contributed by atoms with van der Waals surface area (Å²) in [5, 5.41) is 26.0. The molecule has 7 heteroatoms. The van der Waals surface area contributed by atoms with Crippen LogP contribution >= 0.6 is 11.6 Å². The van der Waals surface area contributed by atoms with E-state index in [4.69, 9.17) is 16.7 Å². The normalized spacial score (nSPS) is 13.2. The molecular formula is C18H22ClN3O3. The van der Waals surface area contributed by atoms with Crippen molar-refractivity contribution in [2.75, 3.05) is 18.4 Å². The molecule has 0 fully saturated rings. The summed E-state index contributed by atoms with van der Waals surface area (Å²) >= 11 is 5.93. The van der Waals surface area contributed by atoms with Gasteiger partial charge in [-0.3, -0.25) is 9.78 Å². The third kappa shape index (κ3) is 6.70. The molecule has 134 valence electrons. The van der Waals surface area contributed by atoms with Gasteiger partial charge in [0.25, 0.3) is 0 Å². The van der Waals surface area contributed by atoms with Gasteiger partial charge < -0.3 is 20.8 Å². The Kier molecular flexibility index (Phi) is 7.18. The van der Waals surface area contributed by atoms with Crippen LogP contribution in [0.4, 0.5) is 5.69 Å². The fourth-order valence-corrected chi connectivity index (χ4v) is 2.47. The predicted octanol–water partition coefficient (Wildman–Crippen LogP) is 2.49. The number of aliphatic hydroxyl groups excluding tert-OH is 1. The van der Waals surface area contributed by atoms with Crippen molar-refractivity contribution in [3.05, 3.63) is 58.9 Å². The van der Waals surface area contributed by atoms with Gasteiger partial charge in [-0.2, -0.15) is 0 Å². The number of carboxylic acid groups (broad SMARTS) is 1. The molecule has 4 N–H and O–H groups in total. The number of anilines is 1. The third-order valence-electron chi connectivity index (χ3n) is 3.66. The third-order valence-corrected chi connectivity index (χ3v) is 3.90. The zero-order chi connectivity index (χ0) is 18.2. The maximum Gasteiger partial charge on any atom is 0.309 e. The van der Waals surface area contributed by atoms with Gasteiger partial charge in [-0.25, -0.2) is 0 Å². The standard InChI is InChI=1S/C18H22ClN3O3/c1-12(20-11-17(23)13-3-2-4-14(19)7-13)9-21-16-6-5-15(22-10-16)8-18(24)25/h2-7,10,12,17,20-21,23H,8-9,11H2,1H3,(H,24,25). The molecule has 0 bridgehead atoms. The summed E-state index contributed by atoms with van der Waals surface area (Å²) < 4.78 is 0. The van der Waals surface area contributed by atoms with E-state index in [-0.39, 0.29) is 12.5 Å². The fraction of sp³-hybridized carbons (Fsp3) is 0.333. The maximum atomic E-state index is 10.6. The van der Waals surface area contributed by atoms with Gasteiger partial charge >= 0.3 is 5.97 Å². The molecule has 0 amide bonds. The first kappa shape index (κ1) is 19.2. The fourth-order valence-electron chi connectivity index (χ4n) is 2.28. The van der Waals surface area contributed by atoms with Crippen LogP contribution in [0.25, 0.3) is 0 Å². The molecule has 2 rings (SSSR count). The minimum atomic E-state index is -0.899. The number of rotatable bonds is 9. The Morgan fingerprint density at radius 2 is 2.08 bits per heavy atom. The molecule has 0 aliphatic heterocycles. The Hall–Kier alpha value is -2.15. The van der Waals surface area contributed by atoms with E-state index >= 15 is 0 Å². The number of carboxylic acids is 1. The number of hydrogen-bond donors (Lipinski definition) is 4. The molecule has 0 aliphatic carbocycles. The van der Waals surface area contributed by atoms with Crippen LogP contribution in [0, 0.1) is 0 Å². The van der Waals surface area contributed by atoms with E-state index in [0.29, 0.717) is 23.8 Å². The largest absolute Gasteiger partial charge is 0.481 e. The van der Waals surface area contributed by atoms with Gasteiger partial charge in [-0.05, 0) is 36.8 Å². The summed E-state index contributed by atoms with van der Waals surface area (Å²) in [7, 11) is 0. The number of carbonyl (C=O) groups is 1. The predicted molar refractivity (Wildman–Crippen MR) is 97.9 cm³/mol. The monoisotopic (exact) mass is 363 g/mol. The Labute approximate surface area is 151 Å². The van der Waals surface area contributed by atoms with E-state index in [1.807, 2.05) is 19.1 Å². The Balaban J connectivity index is 1.75. The van der Waals surface area contributed by atoms with Crippen LogP contribution < -0.4 is 10.6 Å². The van der Waals surface area contributed by atoms with Gasteiger partial charge in [0.05, 0.1) is 30.1 Å². The quantitative estimate of drug-likeness (QED) is 0.547. The van der Waals surface area contributed by atoms with Gasteiger partial charge in [0.15, 0.2) is 0 Å². The van der Waals surface area contributed by atoms with E-state index < -0.39 is 12.1 Å². The Bertz CT molecular complexity index is 694. The highest BCUT2D eigenvalue weighted by Crippen LogP contribution is 2.17. The van der Waals surface area contributed by atoms with Gasteiger partial charge in [-0.1, -0.05) is 23.7 Å². The van der Waals surface area contributed by atoms with Crippen molar-refractivity contribution in [2.45, 2.75) is 25.5 Å². The summed E-state index contributed by atoms with van der Waals surface area (Å²) in [5.74, 6) is -0.899. The molecule has 2 aromatic rings. The lowest BCUT2D eigenvalue weighted by Crippen LogP contribution is -2.35. The highest BCUT2D eigenvalue weighted by molar-refractivity contribution is 6.30. The minimum absolute atomic E-state index is 0.0837. The molecule has 25 heavy (non-hydrogen) atoms. The van der Waals surface area contributed by atoms with Gasteiger partial charge in [0, 0.05) is 24.2 Å². The van der Waals surface area contributed by atoms with Crippen LogP contribution in [-0.2, 0) is 11.2 Å². The molecule has 0 spiro atoms. The molecule has 0 radical (unpaired) electrons. The highest BCUT2D eigenvalue weighted by Gasteiger charge is 2.10. The summed E-state index contributed by atoms with van der Waals surface area (Å²) in [6.07, 6.45) is 0.906. The topological polar surface area (TPSA) is 94.5 Å². The summed E-state index contributed by atoms with van der Waals surface area (Å²) in [4.78, 5) is 14.7. The van der Waals surface area contributed by atoms with E-state index in [9.17, 15) is 9.90 Å². The Morgan fingerprint density at radius 1 is 1.28 bits per heavy atom. The molecule has 0 aliphatic rings. The van der Waals surface area contributed by atoms with E-state index in [1.54, 1.807) is 30.5 Å². The molecule has 0 saturated heterocycles. The van der Waals surface area contributed by atoms with E-state index in [1.165, 1.54) is 0 Å². The number of aliphatic carboxylic acids is 1. The van der Waals surface area contributed by atoms with Crippen molar-refractivity contribution in [3.8, 4) is 0 Å². The van der Waals surface area contributed by atoms with Gasteiger partial charge in [0.1, 0.15) is 0 Å². The second-order valence-electron chi connectivity index (χ2n) is 5.87. The second-order valence-corrected chi connectivity index (χ2v) is 6.31. The number of pyridine rings is 1. The van der Waals surface area contributed by atoms with Crippen LogP contribution in [0.15, 0.2) is 42.6 Å². The number of aliphatic hydroxyl groups is 1. The Morgan fingerprint density at radius 3 is 2.72 bits per heavy atom. The minimum Gasteiger partial charge on any atom is -0.481 e. The van der Waals surface area contributed by atoms with Crippen LogP contribution in [0.3, 0.4) is 0 Å². The second kappa shape index (κ2) is 9.36. The first-order valence-electron chi connectivity index (χ1n) is 8.01. The van der Waals surface area contributed by atoms with Crippen LogP contribution in [0.1, 0.15) is 24.3 Å². The molecular weight excluding hydrogens is 342 g/mol. The summed E-state index contributed by atoms with van der Waals surface area (Å²) in [5.41, 5.74) is 2.12. The molecule has 1 aromatic heterocycles. The number of aromatic nitrogens is 1. The zero-order valence-electron chi connectivity index (χ0n) is 13.9. The summed E-state index contributed by atoms with van der Waals surface area (Å²) in [6.45, 7) is 3.06. The molecule has 1 heterocycles.